The molecule has 15 heavy (non-hydrogen) atoms. The van der Waals surface area contributed by atoms with Crippen molar-refractivity contribution in [3.63, 3.8) is 0 Å². The molecule has 0 unspecified atom stereocenters. The zero-order valence-electron chi connectivity index (χ0n) is 9.93. The summed E-state index contributed by atoms with van der Waals surface area (Å²) in [7, 11) is 0. The van der Waals surface area contributed by atoms with Gasteiger partial charge < -0.3 is 5.32 Å². The van der Waals surface area contributed by atoms with Crippen LogP contribution in [0.15, 0.2) is 12.3 Å². The molecule has 0 fully saturated rings. The standard InChI is InChI=1S/C13H20N2/c1-13(2,3)8-10-7-12-11(15-9-10)5-4-6-14-12/h7,9,14H,4-6,8H2,1-3H3. The van der Waals surface area contributed by atoms with Gasteiger partial charge in [0.1, 0.15) is 0 Å². The van der Waals surface area contributed by atoms with Crippen molar-refractivity contribution in [2.24, 2.45) is 5.41 Å². The van der Waals surface area contributed by atoms with Gasteiger partial charge >= 0.3 is 0 Å². The van der Waals surface area contributed by atoms with Gasteiger partial charge in [0.05, 0.1) is 11.4 Å². The third-order valence-electron chi connectivity index (χ3n) is 2.67. The van der Waals surface area contributed by atoms with Crippen LogP contribution in [0.5, 0.6) is 0 Å². The highest BCUT2D eigenvalue weighted by Gasteiger charge is 2.14. The predicted molar refractivity (Wildman–Crippen MR) is 64.2 cm³/mol. The van der Waals surface area contributed by atoms with Crippen LogP contribution in [0.2, 0.25) is 0 Å². The quantitative estimate of drug-likeness (QED) is 0.760. The summed E-state index contributed by atoms with van der Waals surface area (Å²) in [6, 6.07) is 2.27. The molecule has 1 aromatic heterocycles. The second-order valence-electron chi connectivity index (χ2n) is 5.61. The lowest BCUT2D eigenvalue weighted by Gasteiger charge is -2.21. The largest absolute Gasteiger partial charge is 0.384 e. The van der Waals surface area contributed by atoms with Crippen LogP contribution in [0, 0.1) is 5.41 Å². The van der Waals surface area contributed by atoms with Gasteiger partial charge in [-0.2, -0.15) is 0 Å². The maximum absolute atomic E-state index is 4.54. The molecule has 0 saturated heterocycles. The lowest BCUT2D eigenvalue weighted by molar-refractivity contribution is 0.410. The van der Waals surface area contributed by atoms with Crippen LogP contribution in [-0.4, -0.2) is 11.5 Å². The van der Waals surface area contributed by atoms with E-state index in [4.69, 9.17) is 0 Å². The number of hydrogen-bond donors (Lipinski definition) is 1. The minimum absolute atomic E-state index is 0.338. The molecular weight excluding hydrogens is 184 g/mol. The van der Waals surface area contributed by atoms with Crippen LogP contribution in [0.1, 0.15) is 38.4 Å². The highest BCUT2D eigenvalue weighted by Crippen LogP contribution is 2.25. The molecule has 1 aliphatic rings. The summed E-state index contributed by atoms with van der Waals surface area (Å²) in [6.45, 7) is 7.88. The number of aryl methyl sites for hydroxylation is 1. The second-order valence-corrected chi connectivity index (χ2v) is 5.61. The zero-order chi connectivity index (χ0) is 10.9. The Hall–Kier alpha value is -1.05. The lowest BCUT2D eigenvalue weighted by Crippen LogP contribution is -2.15. The fourth-order valence-corrected chi connectivity index (χ4v) is 2.08. The molecule has 2 nitrogen and oxygen atoms in total. The molecule has 0 spiro atoms. The van der Waals surface area contributed by atoms with Gasteiger partial charge in [-0.15, -0.1) is 0 Å². The minimum atomic E-state index is 0.338. The van der Waals surface area contributed by atoms with E-state index < -0.39 is 0 Å². The van der Waals surface area contributed by atoms with E-state index in [1.165, 1.54) is 23.4 Å². The van der Waals surface area contributed by atoms with Gasteiger partial charge in [-0.1, -0.05) is 20.8 Å². The Bertz CT molecular complexity index is 350. The summed E-state index contributed by atoms with van der Waals surface area (Å²) >= 11 is 0. The van der Waals surface area contributed by atoms with Crippen molar-refractivity contribution in [1.29, 1.82) is 0 Å². The average molecular weight is 204 g/mol. The van der Waals surface area contributed by atoms with Crippen molar-refractivity contribution in [2.75, 3.05) is 11.9 Å². The third-order valence-corrected chi connectivity index (χ3v) is 2.67. The number of rotatable bonds is 1. The highest BCUT2D eigenvalue weighted by molar-refractivity contribution is 5.51. The number of nitrogens with zero attached hydrogens (tertiary/aromatic N) is 1. The van der Waals surface area contributed by atoms with Gasteiger partial charge in [0.15, 0.2) is 0 Å². The third kappa shape index (κ3) is 2.71. The first kappa shape index (κ1) is 10.5. The minimum Gasteiger partial charge on any atom is -0.384 e. The Morgan fingerprint density at radius 3 is 2.93 bits per heavy atom. The summed E-state index contributed by atoms with van der Waals surface area (Å²) in [5, 5.41) is 3.43. The second kappa shape index (κ2) is 3.84. The van der Waals surface area contributed by atoms with Gasteiger partial charge in [-0.05, 0) is 36.3 Å². The van der Waals surface area contributed by atoms with E-state index in [0.717, 1.165) is 19.4 Å². The monoisotopic (exact) mass is 204 g/mol. The van der Waals surface area contributed by atoms with E-state index in [-0.39, 0.29) is 0 Å². The molecule has 0 atom stereocenters. The van der Waals surface area contributed by atoms with Crippen LogP contribution >= 0.6 is 0 Å². The van der Waals surface area contributed by atoms with Gasteiger partial charge in [-0.3, -0.25) is 4.98 Å². The summed E-state index contributed by atoms with van der Waals surface area (Å²) in [5.41, 5.74) is 4.17. The number of aromatic nitrogens is 1. The smallest absolute Gasteiger partial charge is 0.0635 e. The lowest BCUT2D eigenvalue weighted by atomic mass is 9.88. The van der Waals surface area contributed by atoms with Crippen molar-refractivity contribution < 1.29 is 0 Å². The van der Waals surface area contributed by atoms with Crippen molar-refractivity contribution >= 4 is 5.69 Å². The summed E-state index contributed by atoms with van der Waals surface area (Å²) in [4.78, 5) is 4.54. The van der Waals surface area contributed by atoms with Crippen molar-refractivity contribution in [3.8, 4) is 0 Å². The Balaban J connectivity index is 2.21. The molecule has 2 rings (SSSR count). The Morgan fingerprint density at radius 2 is 2.20 bits per heavy atom. The van der Waals surface area contributed by atoms with Crippen LogP contribution in [0.25, 0.3) is 0 Å². The molecular formula is C13H20N2. The van der Waals surface area contributed by atoms with Crippen LogP contribution < -0.4 is 5.32 Å². The summed E-state index contributed by atoms with van der Waals surface area (Å²) in [5.74, 6) is 0. The van der Waals surface area contributed by atoms with Crippen molar-refractivity contribution in [1.82, 2.24) is 4.98 Å². The van der Waals surface area contributed by atoms with Crippen molar-refractivity contribution in [2.45, 2.75) is 40.0 Å². The molecule has 82 valence electrons. The van der Waals surface area contributed by atoms with E-state index in [9.17, 15) is 0 Å². The fourth-order valence-electron chi connectivity index (χ4n) is 2.08. The molecule has 0 radical (unpaired) electrons. The van der Waals surface area contributed by atoms with Gasteiger partial charge in [0.2, 0.25) is 0 Å². The Labute approximate surface area is 92.1 Å². The van der Waals surface area contributed by atoms with Gasteiger partial charge in [0.25, 0.3) is 0 Å². The molecule has 0 amide bonds. The fraction of sp³-hybridized carbons (Fsp3) is 0.615. The molecule has 2 heteroatoms. The molecule has 0 aliphatic carbocycles. The van der Waals surface area contributed by atoms with Crippen LogP contribution in [0.3, 0.4) is 0 Å². The first-order valence-electron chi connectivity index (χ1n) is 5.76. The van der Waals surface area contributed by atoms with E-state index in [2.05, 4.69) is 37.1 Å². The summed E-state index contributed by atoms with van der Waals surface area (Å²) < 4.78 is 0. The van der Waals surface area contributed by atoms with Crippen molar-refractivity contribution in [3.05, 3.63) is 23.5 Å². The molecule has 1 aromatic rings. The molecule has 1 aliphatic heterocycles. The number of fused-ring (bicyclic) bond motifs is 1. The topological polar surface area (TPSA) is 24.9 Å². The van der Waals surface area contributed by atoms with Crippen LogP contribution in [-0.2, 0) is 12.8 Å². The zero-order valence-corrected chi connectivity index (χ0v) is 9.93. The molecule has 2 heterocycles. The van der Waals surface area contributed by atoms with Crippen LogP contribution in [0.4, 0.5) is 5.69 Å². The normalized spacial score (nSPS) is 15.7. The number of nitrogens with one attached hydrogen (secondary N) is 1. The molecule has 0 bridgehead atoms. The molecule has 1 N–H and O–H groups in total. The molecule has 0 aromatic carbocycles. The summed E-state index contributed by atoms with van der Waals surface area (Å²) in [6.07, 6.45) is 5.46. The first-order chi connectivity index (χ1) is 7.04. The average Bonchev–Trinajstić information content (AvgIpc) is 2.15. The van der Waals surface area contributed by atoms with Gasteiger partial charge in [-0.25, -0.2) is 0 Å². The molecule has 0 saturated carbocycles. The SMILES string of the molecule is CC(C)(C)Cc1cnc2c(c1)NCCC2. The number of anilines is 1. The van der Waals surface area contributed by atoms with E-state index in [1.54, 1.807) is 0 Å². The highest BCUT2D eigenvalue weighted by atomic mass is 14.9. The van der Waals surface area contributed by atoms with E-state index >= 15 is 0 Å². The van der Waals surface area contributed by atoms with Gasteiger partial charge in [0, 0.05) is 12.7 Å². The van der Waals surface area contributed by atoms with E-state index in [0.29, 0.717) is 5.41 Å². The predicted octanol–water partition coefficient (Wildman–Crippen LogP) is 3.03. The maximum atomic E-state index is 4.54. The Kier molecular flexibility index (Phi) is 2.68. The number of hydrogen-bond acceptors (Lipinski definition) is 2. The first-order valence-corrected chi connectivity index (χ1v) is 5.76. The number of pyridine rings is 1. The maximum Gasteiger partial charge on any atom is 0.0635 e. The van der Waals surface area contributed by atoms with E-state index in [1.807, 2.05) is 6.20 Å². The Morgan fingerprint density at radius 1 is 1.40 bits per heavy atom.